The van der Waals surface area contributed by atoms with Crippen molar-refractivity contribution >= 4 is 16.1 Å². The van der Waals surface area contributed by atoms with E-state index >= 15 is 0 Å². The van der Waals surface area contributed by atoms with E-state index in [0.29, 0.717) is 0 Å². The van der Waals surface area contributed by atoms with Crippen molar-refractivity contribution in [1.29, 1.82) is 0 Å². The van der Waals surface area contributed by atoms with Crippen molar-refractivity contribution in [2.45, 2.75) is 53.1 Å². The van der Waals surface area contributed by atoms with Crippen LogP contribution in [0, 0.1) is 0 Å². The molecule has 0 radical (unpaired) electrons. The number of allylic oxidation sites excluding steroid dienone is 3. The van der Waals surface area contributed by atoms with E-state index in [1.807, 2.05) is 0 Å². The fourth-order valence-electron chi connectivity index (χ4n) is 1.35. The highest BCUT2D eigenvalue weighted by Crippen LogP contribution is 2.27. The molecule has 0 aromatic carbocycles. The Morgan fingerprint density at radius 2 is 1.14 bits per heavy atom. The second kappa shape index (κ2) is 4.19. The van der Waals surface area contributed by atoms with Gasteiger partial charge in [0.2, 0.25) is 0 Å². The first-order valence-corrected chi connectivity index (χ1v) is 12.4. The van der Waals surface area contributed by atoms with E-state index in [1.54, 1.807) is 5.20 Å². The molecule has 0 heterocycles. The van der Waals surface area contributed by atoms with Crippen LogP contribution in [-0.2, 0) is 0 Å². The maximum Gasteiger partial charge on any atom is 0.0771 e. The molecule has 0 nitrogen and oxygen atoms in total. The Balaban J connectivity index is 5.14. The molecule has 0 amide bonds. The van der Waals surface area contributed by atoms with Crippen molar-refractivity contribution in [3.05, 3.63) is 22.5 Å². The normalized spacial score (nSPS) is 15.1. The third-order valence-electron chi connectivity index (χ3n) is 3.05. The van der Waals surface area contributed by atoms with E-state index in [2.05, 4.69) is 59.7 Å². The summed E-state index contributed by atoms with van der Waals surface area (Å²) in [6.45, 7) is 23.2. The summed E-state index contributed by atoms with van der Waals surface area (Å²) in [6, 6.07) is 0. The zero-order valence-corrected chi connectivity index (χ0v) is 13.2. The second-order valence-electron chi connectivity index (χ2n) is 6.23. The molecule has 0 fully saturated rings. The van der Waals surface area contributed by atoms with Crippen LogP contribution < -0.4 is 0 Å². The minimum Gasteiger partial charge on any atom is -0.0996 e. The molecular weight excluding hydrogens is 200 g/mol. The van der Waals surface area contributed by atoms with Crippen molar-refractivity contribution < 1.29 is 0 Å². The van der Waals surface area contributed by atoms with E-state index in [1.165, 1.54) is 10.8 Å². The Labute approximate surface area is 92.1 Å². The van der Waals surface area contributed by atoms with Gasteiger partial charge in [-0.1, -0.05) is 61.8 Å². The Bertz CT molecular complexity index is 259. The summed E-state index contributed by atoms with van der Waals surface area (Å²) in [4.78, 5) is 0. The molecule has 0 aromatic heterocycles. The predicted octanol–water partition coefficient (Wildman–Crippen LogP) is 4.63. The van der Waals surface area contributed by atoms with Crippen LogP contribution >= 0.6 is 0 Å². The van der Waals surface area contributed by atoms with Crippen molar-refractivity contribution in [2.24, 2.45) is 0 Å². The van der Waals surface area contributed by atoms with Crippen LogP contribution in [-0.4, -0.2) is 16.1 Å². The molecule has 0 spiro atoms. The highest BCUT2D eigenvalue weighted by Gasteiger charge is 2.24. The molecule has 82 valence electrons. The third-order valence-corrected chi connectivity index (χ3v) is 7.86. The van der Waals surface area contributed by atoms with Crippen molar-refractivity contribution in [1.82, 2.24) is 0 Å². The zero-order chi connectivity index (χ0) is 11.7. The standard InChI is InChI=1S/C12H26Si2/c1-10(11(2)13(4,5)6)12(3)14(7,8)9/h2H2,1,3-9H3/b12-10-. The lowest BCUT2D eigenvalue weighted by molar-refractivity contribution is 1.36. The summed E-state index contributed by atoms with van der Waals surface area (Å²) < 4.78 is 0. The smallest absolute Gasteiger partial charge is 0.0771 e. The predicted molar refractivity (Wildman–Crippen MR) is 74.2 cm³/mol. The Hall–Kier alpha value is -0.0862. The lowest BCUT2D eigenvalue weighted by Gasteiger charge is -2.26. The van der Waals surface area contributed by atoms with Crippen LogP contribution in [0.5, 0.6) is 0 Å². The van der Waals surface area contributed by atoms with Crippen molar-refractivity contribution in [2.75, 3.05) is 0 Å². The van der Waals surface area contributed by atoms with Gasteiger partial charge in [0.25, 0.3) is 0 Å². The maximum atomic E-state index is 4.29. The fourth-order valence-corrected chi connectivity index (χ4v) is 4.06. The molecule has 0 unspecified atom stereocenters. The molecule has 0 bridgehead atoms. The van der Waals surface area contributed by atoms with Crippen LogP contribution in [0.2, 0.25) is 39.3 Å². The van der Waals surface area contributed by atoms with Crippen LogP contribution in [0.3, 0.4) is 0 Å². The molecule has 2 heteroatoms. The van der Waals surface area contributed by atoms with Gasteiger partial charge in [0, 0.05) is 0 Å². The third kappa shape index (κ3) is 3.58. The van der Waals surface area contributed by atoms with Crippen LogP contribution in [0.4, 0.5) is 0 Å². The highest BCUT2D eigenvalue weighted by molar-refractivity contribution is 6.85. The number of hydrogen-bond donors (Lipinski definition) is 0. The highest BCUT2D eigenvalue weighted by atomic mass is 28.3. The molecule has 0 saturated heterocycles. The Morgan fingerprint density at radius 1 is 0.786 bits per heavy atom. The molecule has 0 saturated carbocycles. The van der Waals surface area contributed by atoms with Gasteiger partial charge < -0.3 is 0 Å². The summed E-state index contributed by atoms with van der Waals surface area (Å²) in [5, 5.41) is 3.04. The molecule has 0 rings (SSSR count). The first-order valence-electron chi connectivity index (χ1n) is 5.35. The van der Waals surface area contributed by atoms with Crippen molar-refractivity contribution in [3.8, 4) is 0 Å². The first-order chi connectivity index (χ1) is 5.98. The first kappa shape index (κ1) is 13.9. The number of rotatable bonds is 3. The lowest BCUT2D eigenvalue weighted by atomic mass is 10.3. The molecule has 0 atom stereocenters. The van der Waals surface area contributed by atoms with E-state index in [0.717, 1.165) is 0 Å². The minimum absolute atomic E-state index is 1.12. The van der Waals surface area contributed by atoms with Gasteiger partial charge in [-0.2, -0.15) is 0 Å². The summed E-state index contributed by atoms with van der Waals surface area (Å²) >= 11 is 0. The quantitative estimate of drug-likeness (QED) is 0.486. The second-order valence-corrected chi connectivity index (χ2v) is 16.6. The van der Waals surface area contributed by atoms with Crippen LogP contribution in [0.15, 0.2) is 22.5 Å². The van der Waals surface area contributed by atoms with Crippen molar-refractivity contribution in [3.63, 3.8) is 0 Å². The van der Waals surface area contributed by atoms with E-state index < -0.39 is 16.1 Å². The van der Waals surface area contributed by atoms with E-state index in [-0.39, 0.29) is 0 Å². The van der Waals surface area contributed by atoms with Gasteiger partial charge in [0.1, 0.15) is 0 Å². The number of hydrogen-bond acceptors (Lipinski definition) is 0. The minimum atomic E-state index is -1.20. The summed E-state index contributed by atoms with van der Waals surface area (Å²) in [7, 11) is -2.32. The molecule has 0 aliphatic carbocycles. The summed E-state index contributed by atoms with van der Waals surface area (Å²) in [6.07, 6.45) is 0. The molecular formula is C12H26Si2. The molecule has 0 aromatic rings. The van der Waals surface area contributed by atoms with Gasteiger partial charge in [-0.25, -0.2) is 0 Å². The average molecular weight is 227 g/mol. The van der Waals surface area contributed by atoms with Gasteiger partial charge in [-0.05, 0) is 13.8 Å². The lowest BCUT2D eigenvalue weighted by Crippen LogP contribution is -2.29. The van der Waals surface area contributed by atoms with Crippen LogP contribution in [0.1, 0.15) is 13.8 Å². The van der Waals surface area contributed by atoms with E-state index in [9.17, 15) is 0 Å². The van der Waals surface area contributed by atoms with Crippen LogP contribution in [0.25, 0.3) is 0 Å². The van der Waals surface area contributed by atoms with Gasteiger partial charge in [0.05, 0.1) is 16.1 Å². The summed E-state index contributed by atoms with van der Waals surface area (Å²) in [5.74, 6) is 0. The van der Waals surface area contributed by atoms with Gasteiger partial charge in [-0.3, -0.25) is 0 Å². The fraction of sp³-hybridized carbons (Fsp3) is 0.667. The SMILES string of the molecule is C=C(/C(C)=C(/C)[Si](C)(C)C)[Si](C)(C)C. The Kier molecular flexibility index (Phi) is 4.16. The van der Waals surface area contributed by atoms with Gasteiger partial charge in [0.15, 0.2) is 0 Å². The monoisotopic (exact) mass is 226 g/mol. The largest absolute Gasteiger partial charge is 0.0996 e. The molecule has 14 heavy (non-hydrogen) atoms. The zero-order valence-electron chi connectivity index (χ0n) is 11.2. The average Bonchev–Trinajstić information content (AvgIpc) is 1.97. The topological polar surface area (TPSA) is 0 Å². The van der Waals surface area contributed by atoms with Gasteiger partial charge in [-0.15, -0.1) is 0 Å². The molecule has 0 N–H and O–H groups in total. The summed E-state index contributed by atoms with van der Waals surface area (Å²) in [5.41, 5.74) is 1.49. The molecule has 0 aliphatic heterocycles. The van der Waals surface area contributed by atoms with E-state index in [4.69, 9.17) is 0 Å². The maximum absolute atomic E-state index is 4.29. The molecule has 0 aliphatic rings. The Morgan fingerprint density at radius 3 is 1.36 bits per heavy atom. The van der Waals surface area contributed by atoms with Gasteiger partial charge >= 0.3 is 0 Å².